The molecule has 2 N–H and O–H groups in total. The van der Waals surface area contributed by atoms with E-state index in [1.807, 2.05) is 0 Å². The number of hydrogen-bond donors (Lipinski definition) is 1. The van der Waals surface area contributed by atoms with Gasteiger partial charge in [-0.15, -0.1) is 0 Å². The molecule has 0 aliphatic heterocycles. The number of benzene rings is 2. The Kier molecular flexibility index (Phi) is 3.83. The Morgan fingerprint density at radius 3 is 2.40 bits per heavy atom. The molecule has 0 radical (unpaired) electrons. The Hall–Kier alpha value is -2.24. The van der Waals surface area contributed by atoms with Crippen molar-refractivity contribution in [2.45, 2.75) is 12.8 Å². The summed E-state index contributed by atoms with van der Waals surface area (Å²) < 4.78 is 56.3. The average molecular weight is 285 g/mol. The lowest BCUT2D eigenvalue weighted by Crippen LogP contribution is -2.09. The van der Waals surface area contributed by atoms with Crippen LogP contribution in [-0.4, -0.2) is 0 Å². The minimum Gasteiger partial charge on any atom is -0.488 e. The number of rotatable bonds is 3. The third-order valence-corrected chi connectivity index (χ3v) is 2.68. The largest absolute Gasteiger partial charge is 0.488 e. The van der Waals surface area contributed by atoms with Gasteiger partial charge in [0.25, 0.3) is 0 Å². The van der Waals surface area contributed by atoms with Gasteiger partial charge in [0.1, 0.15) is 18.2 Å². The lowest BCUT2D eigenvalue weighted by Gasteiger charge is -2.14. The summed E-state index contributed by atoms with van der Waals surface area (Å²) in [5.41, 5.74) is 5.26. The maximum atomic E-state index is 12.9. The van der Waals surface area contributed by atoms with Crippen molar-refractivity contribution >= 4 is 5.69 Å². The van der Waals surface area contributed by atoms with Gasteiger partial charge in [0, 0.05) is 11.3 Å². The average Bonchev–Trinajstić information content (AvgIpc) is 2.37. The fourth-order valence-corrected chi connectivity index (χ4v) is 1.68. The highest BCUT2D eigenvalue weighted by Crippen LogP contribution is 2.36. The summed E-state index contributed by atoms with van der Waals surface area (Å²) in [4.78, 5) is 0. The second-order valence-electron chi connectivity index (χ2n) is 4.13. The summed E-state index contributed by atoms with van der Waals surface area (Å²) in [6.45, 7) is -0.167. The second kappa shape index (κ2) is 5.40. The highest BCUT2D eigenvalue weighted by atomic mass is 19.4. The Balaban J connectivity index is 2.19. The van der Waals surface area contributed by atoms with E-state index in [2.05, 4.69) is 0 Å². The van der Waals surface area contributed by atoms with Crippen molar-refractivity contribution in [2.75, 3.05) is 5.73 Å². The lowest BCUT2D eigenvalue weighted by molar-refractivity contribution is -0.139. The molecule has 2 rings (SSSR count). The molecule has 2 aromatic rings. The predicted molar refractivity (Wildman–Crippen MR) is 66.6 cm³/mol. The van der Waals surface area contributed by atoms with E-state index in [0.717, 1.165) is 12.1 Å². The second-order valence-corrected chi connectivity index (χ2v) is 4.13. The van der Waals surface area contributed by atoms with Crippen molar-refractivity contribution in [3.63, 3.8) is 0 Å². The summed E-state index contributed by atoms with van der Waals surface area (Å²) in [6.07, 6.45) is -4.50. The van der Waals surface area contributed by atoms with E-state index in [9.17, 15) is 17.6 Å². The van der Waals surface area contributed by atoms with Gasteiger partial charge in [-0.3, -0.25) is 0 Å². The number of ether oxygens (including phenoxy) is 1. The topological polar surface area (TPSA) is 35.2 Å². The number of para-hydroxylation sites is 1. The van der Waals surface area contributed by atoms with E-state index in [1.54, 1.807) is 0 Å². The third-order valence-electron chi connectivity index (χ3n) is 2.68. The van der Waals surface area contributed by atoms with Crippen LogP contribution in [0.25, 0.3) is 0 Å². The fraction of sp³-hybridized carbons (Fsp3) is 0.143. The first-order valence-corrected chi connectivity index (χ1v) is 5.71. The first kappa shape index (κ1) is 14.2. The molecule has 2 nitrogen and oxygen atoms in total. The number of halogens is 4. The Morgan fingerprint density at radius 1 is 1.05 bits per heavy atom. The van der Waals surface area contributed by atoms with Gasteiger partial charge in [-0.05, 0) is 24.3 Å². The molecule has 0 saturated heterocycles. The molecule has 6 heteroatoms. The third kappa shape index (κ3) is 3.20. The van der Waals surface area contributed by atoms with E-state index in [0.29, 0.717) is 5.56 Å². The van der Waals surface area contributed by atoms with Crippen molar-refractivity contribution in [1.82, 2.24) is 0 Å². The zero-order valence-electron chi connectivity index (χ0n) is 10.2. The minimum atomic E-state index is -4.50. The first-order valence-electron chi connectivity index (χ1n) is 5.71. The standard InChI is InChI=1S/C14H11F4NO/c15-10-6-5-9(12(19)7-10)8-20-13-4-2-1-3-11(13)14(16,17)18/h1-7H,8,19H2. The van der Waals surface area contributed by atoms with Gasteiger partial charge in [-0.2, -0.15) is 13.2 Å². The summed E-state index contributed by atoms with van der Waals surface area (Å²) in [5.74, 6) is -0.800. The molecule has 0 fully saturated rings. The number of hydrogen-bond acceptors (Lipinski definition) is 2. The summed E-state index contributed by atoms with van der Waals surface area (Å²) in [7, 11) is 0. The number of alkyl halides is 3. The zero-order chi connectivity index (χ0) is 14.8. The van der Waals surface area contributed by atoms with Crippen molar-refractivity contribution in [2.24, 2.45) is 0 Å². The molecule has 2 aromatic carbocycles. The molecular formula is C14H11F4NO. The van der Waals surface area contributed by atoms with Gasteiger partial charge in [-0.1, -0.05) is 18.2 Å². The highest BCUT2D eigenvalue weighted by molar-refractivity contribution is 5.47. The molecule has 0 aliphatic carbocycles. The first-order chi connectivity index (χ1) is 9.38. The van der Waals surface area contributed by atoms with Crippen LogP contribution in [0.2, 0.25) is 0 Å². The maximum absolute atomic E-state index is 12.9. The number of nitrogens with two attached hydrogens (primary N) is 1. The summed E-state index contributed by atoms with van der Waals surface area (Å²) >= 11 is 0. The Morgan fingerprint density at radius 2 is 1.75 bits per heavy atom. The van der Waals surface area contributed by atoms with E-state index in [1.165, 1.54) is 30.3 Å². The van der Waals surface area contributed by atoms with Gasteiger partial charge in [0.15, 0.2) is 0 Å². The van der Waals surface area contributed by atoms with Gasteiger partial charge in [-0.25, -0.2) is 4.39 Å². The van der Waals surface area contributed by atoms with Crippen LogP contribution >= 0.6 is 0 Å². The predicted octanol–water partition coefficient (Wildman–Crippen LogP) is 4.01. The smallest absolute Gasteiger partial charge is 0.419 e. The van der Waals surface area contributed by atoms with Gasteiger partial charge >= 0.3 is 6.18 Å². The monoisotopic (exact) mass is 285 g/mol. The Labute approximate surface area is 112 Å². The molecular weight excluding hydrogens is 274 g/mol. The molecule has 0 aliphatic rings. The van der Waals surface area contributed by atoms with Crippen LogP contribution in [0.4, 0.5) is 23.2 Å². The maximum Gasteiger partial charge on any atom is 0.419 e. The van der Waals surface area contributed by atoms with E-state index >= 15 is 0 Å². The molecule has 0 saturated carbocycles. The molecule has 106 valence electrons. The van der Waals surface area contributed by atoms with Crippen molar-refractivity contribution < 1.29 is 22.3 Å². The van der Waals surface area contributed by atoms with Crippen LogP contribution in [0.3, 0.4) is 0 Å². The quantitative estimate of drug-likeness (QED) is 0.683. The molecule has 0 heterocycles. The highest BCUT2D eigenvalue weighted by Gasteiger charge is 2.33. The van der Waals surface area contributed by atoms with Crippen LogP contribution in [0.5, 0.6) is 5.75 Å². The van der Waals surface area contributed by atoms with E-state index in [4.69, 9.17) is 10.5 Å². The van der Waals surface area contributed by atoms with Gasteiger partial charge in [0.05, 0.1) is 5.56 Å². The molecule has 0 spiro atoms. The molecule has 20 heavy (non-hydrogen) atoms. The number of nitrogen functional groups attached to an aromatic ring is 1. The normalized spacial score (nSPS) is 11.4. The van der Waals surface area contributed by atoms with Crippen molar-refractivity contribution in [3.8, 4) is 5.75 Å². The van der Waals surface area contributed by atoms with E-state index < -0.39 is 17.6 Å². The zero-order valence-corrected chi connectivity index (χ0v) is 10.2. The minimum absolute atomic E-state index is 0.134. The Bertz CT molecular complexity index is 610. The van der Waals surface area contributed by atoms with Crippen LogP contribution in [-0.2, 0) is 12.8 Å². The molecule has 0 atom stereocenters. The molecule has 0 bridgehead atoms. The summed E-state index contributed by atoms with van der Waals surface area (Å²) in [6, 6.07) is 8.52. The lowest BCUT2D eigenvalue weighted by atomic mass is 10.1. The van der Waals surface area contributed by atoms with Gasteiger partial charge < -0.3 is 10.5 Å². The van der Waals surface area contributed by atoms with E-state index in [-0.39, 0.29) is 18.0 Å². The van der Waals surface area contributed by atoms with Crippen molar-refractivity contribution in [1.29, 1.82) is 0 Å². The fourth-order valence-electron chi connectivity index (χ4n) is 1.68. The van der Waals surface area contributed by atoms with Crippen LogP contribution < -0.4 is 10.5 Å². The van der Waals surface area contributed by atoms with Crippen LogP contribution in [0.1, 0.15) is 11.1 Å². The SMILES string of the molecule is Nc1cc(F)ccc1COc1ccccc1C(F)(F)F. The molecule has 0 amide bonds. The van der Waals surface area contributed by atoms with Crippen LogP contribution in [0.15, 0.2) is 42.5 Å². The van der Waals surface area contributed by atoms with Crippen molar-refractivity contribution in [3.05, 3.63) is 59.4 Å². The van der Waals surface area contributed by atoms with Crippen LogP contribution in [0, 0.1) is 5.82 Å². The summed E-state index contributed by atoms with van der Waals surface area (Å²) in [5, 5.41) is 0. The molecule has 0 unspecified atom stereocenters. The van der Waals surface area contributed by atoms with Gasteiger partial charge in [0.2, 0.25) is 0 Å². The molecule has 0 aromatic heterocycles. The number of anilines is 1.